The Kier molecular flexibility index (Phi) is 4.35. The molecule has 0 fully saturated rings. The molecule has 100 valence electrons. The van der Waals surface area contributed by atoms with Crippen molar-refractivity contribution in [1.29, 1.82) is 0 Å². The minimum atomic E-state index is -0.475. The Labute approximate surface area is 115 Å². The van der Waals surface area contributed by atoms with Crippen LogP contribution >= 0.6 is 0 Å². The van der Waals surface area contributed by atoms with Gasteiger partial charge in [0.2, 0.25) is 0 Å². The SMILES string of the molecule is CC(N)C(C)(OCc1ccccc1)c1ccccc1. The molecule has 0 spiro atoms. The van der Waals surface area contributed by atoms with E-state index in [2.05, 4.69) is 31.2 Å². The van der Waals surface area contributed by atoms with Crippen LogP contribution in [0.2, 0.25) is 0 Å². The van der Waals surface area contributed by atoms with Crippen LogP contribution in [0.5, 0.6) is 0 Å². The molecule has 2 aromatic rings. The van der Waals surface area contributed by atoms with E-state index in [0.29, 0.717) is 6.61 Å². The maximum absolute atomic E-state index is 6.14. The number of ether oxygens (including phenoxy) is 1. The van der Waals surface area contributed by atoms with Gasteiger partial charge in [-0.15, -0.1) is 0 Å². The third-order valence-corrected chi connectivity index (χ3v) is 3.60. The zero-order valence-electron chi connectivity index (χ0n) is 11.5. The molecular weight excluding hydrogens is 234 g/mol. The summed E-state index contributed by atoms with van der Waals surface area (Å²) in [7, 11) is 0. The number of nitrogens with two attached hydrogens (primary N) is 1. The summed E-state index contributed by atoms with van der Waals surface area (Å²) >= 11 is 0. The highest BCUT2D eigenvalue weighted by Gasteiger charge is 2.31. The van der Waals surface area contributed by atoms with Gasteiger partial charge in [0.25, 0.3) is 0 Å². The Bertz CT molecular complexity index is 495. The van der Waals surface area contributed by atoms with Crippen molar-refractivity contribution in [3.8, 4) is 0 Å². The maximum Gasteiger partial charge on any atom is 0.105 e. The Morgan fingerprint density at radius 3 is 2.05 bits per heavy atom. The molecule has 2 atom stereocenters. The standard InChI is InChI=1S/C17H21NO/c1-14(18)17(2,16-11-7-4-8-12-16)19-13-15-9-5-3-6-10-15/h3-12,14H,13,18H2,1-2H3. The van der Waals surface area contributed by atoms with E-state index in [0.717, 1.165) is 11.1 Å². The molecule has 0 radical (unpaired) electrons. The summed E-state index contributed by atoms with van der Waals surface area (Å²) in [5.41, 5.74) is 7.94. The van der Waals surface area contributed by atoms with E-state index in [4.69, 9.17) is 10.5 Å². The molecule has 0 aliphatic carbocycles. The average Bonchev–Trinajstić information content (AvgIpc) is 2.46. The predicted octanol–water partition coefficient (Wildman–Crippen LogP) is 3.47. The molecule has 0 aliphatic heterocycles. The summed E-state index contributed by atoms with van der Waals surface area (Å²) in [6, 6.07) is 20.2. The van der Waals surface area contributed by atoms with Crippen LogP contribution < -0.4 is 5.73 Å². The Balaban J connectivity index is 2.17. The van der Waals surface area contributed by atoms with Crippen LogP contribution in [0.3, 0.4) is 0 Å². The van der Waals surface area contributed by atoms with Crippen LogP contribution in [-0.2, 0) is 16.9 Å². The fourth-order valence-corrected chi connectivity index (χ4v) is 2.05. The largest absolute Gasteiger partial charge is 0.364 e. The summed E-state index contributed by atoms with van der Waals surface area (Å²) in [4.78, 5) is 0. The van der Waals surface area contributed by atoms with E-state index in [1.165, 1.54) is 0 Å². The van der Waals surface area contributed by atoms with E-state index >= 15 is 0 Å². The second-order valence-electron chi connectivity index (χ2n) is 5.04. The molecule has 2 heteroatoms. The molecule has 0 saturated heterocycles. The monoisotopic (exact) mass is 255 g/mol. The predicted molar refractivity (Wildman–Crippen MR) is 78.7 cm³/mol. The minimum absolute atomic E-state index is 0.0846. The molecule has 2 aromatic carbocycles. The number of benzene rings is 2. The maximum atomic E-state index is 6.14. The quantitative estimate of drug-likeness (QED) is 0.888. The zero-order chi connectivity index (χ0) is 13.7. The van der Waals surface area contributed by atoms with Gasteiger partial charge in [-0.2, -0.15) is 0 Å². The molecule has 2 unspecified atom stereocenters. The molecule has 0 aliphatic rings. The van der Waals surface area contributed by atoms with Crippen LogP contribution in [0, 0.1) is 0 Å². The fourth-order valence-electron chi connectivity index (χ4n) is 2.05. The normalized spacial score (nSPS) is 15.7. The third-order valence-electron chi connectivity index (χ3n) is 3.60. The van der Waals surface area contributed by atoms with Crippen molar-refractivity contribution >= 4 is 0 Å². The molecule has 2 rings (SSSR count). The molecule has 2 N–H and O–H groups in total. The van der Waals surface area contributed by atoms with Crippen molar-refractivity contribution in [2.75, 3.05) is 0 Å². The van der Waals surface area contributed by atoms with E-state index in [1.807, 2.05) is 43.3 Å². The van der Waals surface area contributed by atoms with Crippen LogP contribution in [0.1, 0.15) is 25.0 Å². The van der Waals surface area contributed by atoms with Gasteiger partial charge in [0, 0.05) is 6.04 Å². The lowest BCUT2D eigenvalue weighted by Gasteiger charge is -2.34. The lowest BCUT2D eigenvalue weighted by atomic mass is 9.89. The first-order valence-electron chi connectivity index (χ1n) is 6.62. The number of rotatable bonds is 5. The summed E-state index contributed by atoms with van der Waals surface area (Å²) in [5.74, 6) is 0. The number of hydrogen-bond donors (Lipinski definition) is 1. The third kappa shape index (κ3) is 3.22. The molecule has 2 nitrogen and oxygen atoms in total. The lowest BCUT2D eigenvalue weighted by Crippen LogP contribution is -2.43. The zero-order valence-corrected chi connectivity index (χ0v) is 11.5. The van der Waals surface area contributed by atoms with Crippen molar-refractivity contribution in [2.24, 2.45) is 5.73 Å². The molecule has 0 heterocycles. The number of hydrogen-bond acceptors (Lipinski definition) is 2. The van der Waals surface area contributed by atoms with Gasteiger partial charge in [-0.1, -0.05) is 60.7 Å². The second-order valence-corrected chi connectivity index (χ2v) is 5.04. The van der Waals surface area contributed by atoms with Crippen LogP contribution in [-0.4, -0.2) is 6.04 Å². The minimum Gasteiger partial charge on any atom is -0.364 e. The molecule has 0 bridgehead atoms. The van der Waals surface area contributed by atoms with Gasteiger partial charge in [-0.05, 0) is 25.0 Å². The highest BCUT2D eigenvalue weighted by Crippen LogP contribution is 2.29. The topological polar surface area (TPSA) is 35.2 Å². The van der Waals surface area contributed by atoms with Crippen LogP contribution in [0.4, 0.5) is 0 Å². The van der Waals surface area contributed by atoms with Crippen molar-refractivity contribution in [2.45, 2.75) is 32.1 Å². The fraction of sp³-hybridized carbons (Fsp3) is 0.294. The lowest BCUT2D eigenvalue weighted by molar-refractivity contribution is -0.0625. The van der Waals surface area contributed by atoms with Gasteiger partial charge >= 0.3 is 0 Å². The molecule has 19 heavy (non-hydrogen) atoms. The van der Waals surface area contributed by atoms with Gasteiger partial charge < -0.3 is 10.5 Å². The van der Waals surface area contributed by atoms with E-state index in [1.54, 1.807) is 0 Å². The van der Waals surface area contributed by atoms with Crippen LogP contribution in [0.25, 0.3) is 0 Å². The van der Waals surface area contributed by atoms with Crippen LogP contribution in [0.15, 0.2) is 60.7 Å². The molecule has 0 saturated carbocycles. The summed E-state index contributed by atoms with van der Waals surface area (Å²) in [6.45, 7) is 4.60. The van der Waals surface area contributed by atoms with E-state index in [-0.39, 0.29) is 6.04 Å². The van der Waals surface area contributed by atoms with Crippen molar-refractivity contribution in [1.82, 2.24) is 0 Å². The van der Waals surface area contributed by atoms with Gasteiger partial charge in [-0.3, -0.25) is 0 Å². The Morgan fingerprint density at radius 2 is 1.53 bits per heavy atom. The van der Waals surface area contributed by atoms with Gasteiger partial charge in [0.15, 0.2) is 0 Å². The van der Waals surface area contributed by atoms with E-state index < -0.39 is 5.60 Å². The second kappa shape index (κ2) is 6.00. The smallest absolute Gasteiger partial charge is 0.105 e. The molecule has 0 amide bonds. The molecular formula is C17H21NO. The highest BCUT2D eigenvalue weighted by molar-refractivity contribution is 5.24. The van der Waals surface area contributed by atoms with Gasteiger partial charge in [0.05, 0.1) is 6.61 Å². The average molecular weight is 255 g/mol. The van der Waals surface area contributed by atoms with Gasteiger partial charge in [0.1, 0.15) is 5.60 Å². The van der Waals surface area contributed by atoms with E-state index in [9.17, 15) is 0 Å². The summed E-state index contributed by atoms with van der Waals surface area (Å²) in [5, 5.41) is 0. The Hall–Kier alpha value is -1.64. The first-order valence-corrected chi connectivity index (χ1v) is 6.62. The first-order chi connectivity index (χ1) is 9.13. The van der Waals surface area contributed by atoms with Gasteiger partial charge in [-0.25, -0.2) is 0 Å². The summed E-state index contributed by atoms with van der Waals surface area (Å²) < 4.78 is 6.14. The summed E-state index contributed by atoms with van der Waals surface area (Å²) in [6.07, 6.45) is 0. The first kappa shape index (κ1) is 13.8. The van der Waals surface area contributed by atoms with Crippen molar-refractivity contribution < 1.29 is 4.74 Å². The highest BCUT2D eigenvalue weighted by atomic mass is 16.5. The van der Waals surface area contributed by atoms with Crippen molar-refractivity contribution in [3.05, 3.63) is 71.8 Å². The Morgan fingerprint density at radius 1 is 1.00 bits per heavy atom. The molecule has 0 aromatic heterocycles. The van der Waals surface area contributed by atoms with Crippen molar-refractivity contribution in [3.63, 3.8) is 0 Å².